The van der Waals surface area contributed by atoms with Gasteiger partial charge in [0.05, 0.1) is 4.90 Å². The summed E-state index contributed by atoms with van der Waals surface area (Å²) in [5, 5.41) is 2.86. The largest absolute Gasteiger partial charge is 0.444 e. The van der Waals surface area contributed by atoms with Crippen LogP contribution in [0.4, 0.5) is 4.79 Å². The molecule has 2 aromatic carbocycles. The molecule has 2 heterocycles. The average molecular weight is 500 g/mol. The van der Waals surface area contributed by atoms with Gasteiger partial charge in [-0.25, -0.2) is 13.2 Å². The summed E-state index contributed by atoms with van der Waals surface area (Å²) in [5.41, 5.74) is 1.97. The zero-order chi connectivity index (χ0) is 25.2. The highest BCUT2D eigenvalue weighted by Gasteiger charge is 2.30. The summed E-state index contributed by atoms with van der Waals surface area (Å²) in [6, 6.07) is 14.1. The molecule has 0 unspecified atom stereocenters. The lowest BCUT2D eigenvalue weighted by atomic mass is 10.0. The molecule has 2 amide bonds. The molecule has 35 heavy (non-hydrogen) atoms. The fourth-order valence-corrected chi connectivity index (χ4v) is 5.96. The number of ether oxygens (including phenoxy) is 1. The summed E-state index contributed by atoms with van der Waals surface area (Å²) < 4.78 is 33.5. The first-order valence-corrected chi connectivity index (χ1v) is 13.4. The van der Waals surface area contributed by atoms with Crippen LogP contribution in [0.5, 0.6) is 0 Å². The number of carbonyl (C=O) groups excluding carboxylic acids is 2. The van der Waals surface area contributed by atoms with E-state index < -0.39 is 21.7 Å². The first-order chi connectivity index (χ1) is 16.5. The number of alkyl carbamates (subject to hydrolysis) is 1. The monoisotopic (exact) mass is 499 g/mol. The van der Waals surface area contributed by atoms with Crippen molar-refractivity contribution in [1.29, 1.82) is 0 Å². The molecule has 1 fully saturated rings. The van der Waals surface area contributed by atoms with Crippen molar-refractivity contribution < 1.29 is 22.7 Å². The third kappa shape index (κ3) is 6.02. The third-order valence-electron chi connectivity index (χ3n) is 6.32. The molecule has 2 aromatic rings. The third-order valence-corrected chi connectivity index (χ3v) is 8.16. The maximum atomic E-state index is 13.3. The molecule has 2 aliphatic heterocycles. The molecule has 2 aliphatic rings. The van der Waals surface area contributed by atoms with Gasteiger partial charge in [-0.3, -0.25) is 4.79 Å². The second-order valence-corrected chi connectivity index (χ2v) is 12.0. The number of nitrogens with one attached hydrogen (secondary N) is 1. The Hall–Kier alpha value is -2.91. The highest BCUT2D eigenvalue weighted by Crippen LogP contribution is 2.26. The number of fused-ring (bicyclic) bond motifs is 1. The van der Waals surface area contributed by atoms with Gasteiger partial charge < -0.3 is 15.0 Å². The van der Waals surface area contributed by atoms with E-state index in [4.69, 9.17) is 4.74 Å². The van der Waals surface area contributed by atoms with Crippen molar-refractivity contribution in [2.75, 3.05) is 19.6 Å². The van der Waals surface area contributed by atoms with Crippen LogP contribution in [0.15, 0.2) is 53.4 Å². The number of piperidine rings is 1. The van der Waals surface area contributed by atoms with E-state index in [1.54, 1.807) is 23.1 Å². The number of benzene rings is 2. The Labute approximate surface area is 207 Å². The number of sulfonamides is 1. The maximum Gasteiger partial charge on any atom is 0.407 e. The highest BCUT2D eigenvalue weighted by molar-refractivity contribution is 7.89. The van der Waals surface area contributed by atoms with Gasteiger partial charge in [-0.15, -0.1) is 0 Å². The Bertz CT molecular complexity index is 1200. The first kappa shape index (κ1) is 25.2. The van der Waals surface area contributed by atoms with Crippen molar-refractivity contribution in [3.8, 4) is 0 Å². The Morgan fingerprint density at radius 2 is 1.66 bits per heavy atom. The van der Waals surface area contributed by atoms with Crippen molar-refractivity contribution in [3.63, 3.8) is 0 Å². The van der Waals surface area contributed by atoms with Gasteiger partial charge in [-0.2, -0.15) is 4.31 Å². The number of hydrogen-bond acceptors (Lipinski definition) is 5. The van der Waals surface area contributed by atoms with Crippen LogP contribution in [0, 0.1) is 0 Å². The van der Waals surface area contributed by atoms with Crippen LogP contribution in [0.25, 0.3) is 0 Å². The molecule has 0 aromatic heterocycles. The number of carbonyl (C=O) groups is 2. The zero-order valence-electron chi connectivity index (χ0n) is 20.5. The van der Waals surface area contributed by atoms with Crippen molar-refractivity contribution in [1.82, 2.24) is 14.5 Å². The minimum atomic E-state index is -3.73. The quantitative estimate of drug-likeness (QED) is 0.694. The number of amides is 2. The van der Waals surface area contributed by atoms with Gasteiger partial charge in [0.25, 0.3) is 5.91 Å². The van der Waals surface area contributed by atoms with Crippen molar-refractivity contribution >= 4 is 22.0 Å². The van der Waals surface area contributed by atoms with Gasteiger partial charge in [-0.1, -0.05) is 30.3 Å². The molecule has 9 heteroatoms. The number of likely N-dealkylation sites (tertiary alicyclic amines) is 1. The van der Waals surface area contributed by atoms with E-state index in [-0.39, 0.29) is 16.8 Å². The fraction of sp³-hybridized carbons (Fsp3) is 0.462. The summed E-state index contributed by atoms with van der Waals surface area (Å²) in [4.78, 5) is 27.0. The Morgan fingerprint density at radius 3 is 2.34 bits per heavy atom. The molecule has 0 aliphatic carbocycles. The molecule has 0 atom stereocenters. The fourth-order valence-electron chi connectivity index (χ4n) is 4.50. The summed E-state index contributed by atoms with van der Waals surface area (Å²) >= 11 is 0. The van der Waals surface area contributed by atoms with Crippen molar-refractivity contribution in [2.24, 2.45) is 0 Å². The minimum absolute atomic E-state index is 0.0670. The topological polar surface area (TPSA) is 96.0 Å². The van der Waals surface area contributed by atoms with Crippen LogP contribution in [0.3, 0.4) is 0 Å². The zero-order valence-corrected chi connectivity index (χ0v) is 21.3. The van der Waals surface area contributed by atoms with E-state index in [1.807, 2.05) is 45.0 Å². The lowest BCUT2D eigenvalue weighted by Crippen LogP contribution is -2.47. The summed E-state index contributed by atoms with van der Waals surface area (Å²) in [6.45, 7) is 7.12. The molecule has 1 saturated heterocycles. The van der Waals surface area contributed by atoms with E-state index in [0.29, 0.717) is 51.0 Å². The van der Waals surface area contributed by atoms with Gasteiger partial charge in [0, 0.05) is 37.8 Å². The van der Waals surface area contributed by atoms with E-state index in [1.165, 1.54) is 15.9 Å². The smallest absolute Gasteiger partial charge is 0.407 e. The predicted molar refractivity (Wildman–Crippen MR) is 132 cm³/mol. The van der Waals surface area contributed by atoms with Crippen LogP contribution in [0.2, 0.25) is 0 Å². The van der Waals surface area contributed by atoms with Gasteiger partial charge >= 0.3 is 6.09 Å². The second kappa shape index (κ2) is 9.99. The lowest BCUT2D eigenvalue weighted by molar-refractivity contribution is 0.0473. The first-order valence-electron chi connectivity index (χ1n) is 12.0. The Kier molecular flexibility index (Phi) is 7.19. The van der Waals surface area contributed by atoms with E-state index in [9.17, 15) is 18.0 Å². The van der Waals surface area contributed by atoms with Gasteiger partial charge in [0.1, 0.15) is 5.60 Å². The van der Waals surface area contributed by atoms with Gasteiger partial charge in [0.15, 0.2) is 0 Å². The van der Waals surface area contributed by atoms with Crippen LogP contribution < -0.4 is 5.32 Å². The molecule has 0 radical (unpaired) electrons. The average Bonchev–Trinajstić information content (AvgIpc) is 2.82. The Morgan fingerprint density at radius 1 is 0.971 bits per heavy atom. The maximum absolute atomic E-state index is 13.3. The van der Waals surface area contributed by atoms with Crippen LogP contribution >= 0.6 is 0 Å². The van der Waals surface area contributed by atoms with Crippen molar-refractivity contribution in [2.45, 2.75) is 63.1 Å². The van der Waals surface area contributed by atoms with E-state index in [2.05, 4.69) is 5.32 Å². The number of hydrogen-bond donors (Lipinski definition) is 1. The van der Waals surface area contributed by atoms with Gasteiger partial charge in [0.2, 0.25) is 10.0 Å². The SMILES string of the molecule is CC(C)(C)OC(=O)NC1CCN(C(=O)c2cccc(S(=O)(=O)N3CCc4ccccc4C3)c2)CC1. The molecular weight excluding hydrogens is 466 g/mol. The molecular formula is C26H33N3O5S. The molecule has 188 valence electrons. The normalized spacial score (nSPS) is 17.5. The van der Waals surface area contributed by atoms with E-state index >= 15 is 0 Å². The molecule has 0 saturated carbocycles. The number of nitrogens with zero attached hydrogens (tertiary/aromatic N) is 2. The lowest BCUT2D eigenvalue weighted by Gasteiger charge is -2.33. The standard InChI is InChI=1S/C26H33N3O5S/c1-26(2,3)34-25(31)27-22-12-14-28(15-13-22)24(30)20-9-6-10-23(17-20)35(32,33)29-16-11-19-7-4-5-8-21(19)18-29/h4-10,17,22H,11-16,18H2,1-3H3,(H,27,31). The summed E-state index contributed by atoms with van der Waals surface area (Å²) in [5.74, 6) is -0.207. The summed E-state index contributed by atoms with van der Waals surface area (Å²) in [6.07, 6.45) is 1.42. The minimum Gasteiger partial charge on any atom is -0.444 e. The molecule has 1 N–H and O–H groups in total. The van der Waals surface area contributed by atoms with Gasteiger partial charge in [-0.05, 0) is 69.4 Å². The highest BCUT2D eigenvalue weighted by atomic mass is 32.2. The Balaban J connectivity index is 1.39. The summed E-state index contributed by atoms with van der Waals surface area (Å²) in [7, 11) is -3.73. The van der Waals surface area contributed by atoms with Crippen LogP contribution in [0.1, 0.15) is 55.1 Å². The molecule has 8 nitrogen and oxygen atoms in total. The molecule has 0 spiro atoms. The number of rotatable bonds is 4. The molecule has 0 bridgehead atoms. The molecule has 4 rings (SSSR count). The predicted octanol–water partition coefficient (Wildman–Crippen LogP) is 3.56. The van der Waals surface area contributed by atoms with Crippen LogP contribution in [-0.2, 0) is 27.7 Å². The van der Waals surface area contributed by atoms with Crippen molar-refractivity contribution in [3.05, 3.63) is 65.2 Å². The van der Waals surface area contributed by atoms with E-state index in [0.717, 1.165) is 5.56 Å². The van der Waals surface area contributed by atoms with Crippen LogP contribution in [-0.4, -0.2) is 60.9 Å². The second-order valence-electron chi connectivity index (χ2n) is 10.1.